The summed E-state index contributed by atoms with van der Waals surface area (Å²) < 4.78 is 13.0. The maximum absolute atomic E-state index is 13.0. The number of carbonyl (C=O) groups is 1. The molecule has 100 valence electrons. The molecule has 0 saturated carbocycles. The van der Waals surface area contributed by atoms with Gasteiger partial charge in [0.25, 0.3) is 0 Å². The van der Waals surface area contributed by atoms with Crippen molar-refractivity contribution in [3.63, 3.8) is 0 Å². The number of rotatable bonds is 3. The van der Waals surface area contributed by atoms with E-state index in [0.717, 1.165) is 5.56 Å². The minimum absolute atomic E-state index is 0.0928. The summed E-state index contributed by atoms with van der Waals surface area (Å²) in [6.45, 7) is 5.64. The van der Waals surface area contributed by atoms with Crippen molar-refractivity contribution in [1.82, 2.24) is 4.98 Å². The second-order valence-corrected chi connectivity index (χ2v) is 6.06. The molecule has 0 unspecified atom stereocenters. The third-order valence-corrected chi connectivity index (χ3v) is 4.39. The number of benzene rings is 1. The minimum atomic E-state index is -1.02. The number of carboxylic acids is 1. The van der Waals surface area contributed by atoms with E-state index in [0.29, 0.717) is 9.88 Å². The fourth-order valence-corrected chi connectivity index (χ4v) is 2.88. The highest BCUT2D eigenvalue weighted by molar-refractivity contribution is 7.12. The SMILES string of the molecule is Cc1sc(C(C)(C)c2ccc(F)cc2)nc1C(=O)O. The summed E-state index contributed by atoms with van der Waals surface area (Å²) >= 11 is 1.36. The van der Waals surface area contributed by atoms with Crippen LogP contribution in [0, 0.1) is 12.7 Å². The van der Waals surface area contributed by atoms with Crippen molar-refractivity contribution >= 4 is 17.3 Å². The van der Waals surface area contributed by atoms with Gasteiger partial charge in [-0.05, 0) is 38.5 Å². The Bertz CT molecular complexity index is 617. The van der Waals surface area contributed by atoms with Crippen LogP contribution in [0.4, 0.5) is 4.39 Å². The van der Waals surface area contributed by atoms with Gasteiger partial charge >= 0.3 is 5.97 Å². The molecule has 1 heterocycles. The molecule has 0 amide bonds. The minimum Gasteiger partial charge on any atom is -0.476 e. The zero-order valence-corrected chi connectivity index (χ0v) is 11.7. The lowest BCUT2D eigenvalue weighted by Gasteiger charge is -2.22. The summed E-state index contributed by atoms with van der Waals surface area (Å²) in [7, 11) is 0. The summed E-state index contributed by atoms with van der Waals surface area (Å²) in [5.41, 5.74) is 0.548. The van der Waals surface area contributed by atoms with Crippen molar-refractivity contribution in [2.24, 2.45) is 0 Å². The molecule has 1 aromatic carbocycles. The molecule has 0 saturated heterocycles. The quantitative estimate of drug-likeness (QED) is 0.933. The Morgan fingerprint density at radius 2 is 1.89 bits per heavy atom. The molecule has 0 fully saturated rings. The third-order valence-electron chi connectivity index (χ3n) is 3.10. The Kier molecular flexibility index (Phi) is 3.41. The highest BCUT2D eigenvalue weighted by Gasteiger charge is 2.29. The number of halogens is 1. The van der Waals surface area contributed by atoms with Crippen LogP contribution in [-0.2, 0) is 5.41 Å². The van der Waals surface area contributed by atoms with E-state index < -0.39 is 11.4 Å². The molecule has 0 bridgehead atoms. The first-order valence-corrected chi connectivity index (χ1v) is 6.61. The topological polar surface area (TPSA) is 50.2 Å². The number of hydrogen-bond donors (Lipinski definition) is 1. The van der Waals surface area contributed by atoms with Gasteiger partial charge in [-0.15, -0.1) is 11.3 Å². The lowest BCUT2D eigenvalue weighted by molar-refractivity contribution is 0.0690. The Labute approximate surface area is 114 Å². The van der Waals surface area contributed by atoms with Crippen LogP contribution in [0.2, 0.25) is 0 Å². The van der Waals surface area contributed by atoms with Gasteiger partial charge < -0.3 is 5.11 Å². The van der Waals surface area contributed by atoms with Gasteiger partial charge in [0.15, 0.2) is 5.69 Å². The summed E-state index contributed by atoms with van der Waals surface area (Å²) in [5.74, 6) is -1.31. The Hall–Kier alpha value is -1.75. The number of aromatic carboxylic acids is 1. The molecule has 1 aromatic heterocycles. The summed E-state index contributed by atoms with van der Waals surface area (Å²) in [6, 6.07) is 6.20. The monoisotopic (exact) mass is 279 g/mol. The van der Waals surface area contributed by atoms with Crippen LogP contribution >= 0.6 is 11.3 Å². The van der Waals surface area contributed by atoms with Gasteiger partial charge in [-0.1, -0.05) is 12.1 Å². The standard InChI is InChI=1S/C14H14FNO2S/c1-8-11(12(17)18)16-13(19-8)14(2,3)9-4-6-10(15)7-5-9/h4-7H,1-3H3,(H,17,18). The summed E-state index contributed by atoms with van der Waals surface area (Å²) in [5, 5.41) is 9.76. The lowest BCUT2D eigenvalue weighted by Crippen LogP contribution is -2.19. The third kappa shape index (κ3) is 2.51. The normalized spacial score (nSPS) is 11.6. The predicted octanol–water partition coefficient (Wildman–Crippen LogP) is 3.61. The predicted molar refractivity (Wildman–Crippen MR) is 72.3 cm³/mol. The number of hydrogen-bond acceptors (Lipinski definition) is 3. The molecule has 0 atom stereocenters. The fraction of sp³-hybridized carbons (Fsp3) is 0.286. The average molecular weight is 279 g/mol. The maximum atomic E-state index is 13.0. The van der Waals surface area contributed by atoms with E-state index in [4.69, 9.17) is 5.11 Å². The Morgan fingerprint density at radius 3 is 2.37 bits per heavy atom. The molecule has 19 heavy (non-hydrogen) atoms. The molecule has 2 aromatic rings. The van der Waals surface area contributed by atoms with Gasteiger partial charge in [-0.25, -0.2) is 14.2 Å². The number of thiazole rings is 1. The van der Waals surface area contributed by atoms with Crippen LogP contribution in [0.3, 0.4) is 0 Å². The van der Waals surface area contributed by atoms with Gasteiger partial charge in [-0.2, -0.15) is 0 Å². The first-order chi connectivity index (χ1) is 8.82. The molecule has 0 aliphatic carbocycles. The maximum Gasteiger partial charge on any atom is 0.355 e. The molecular formula is C14H14FNO2S. The van der Waals surface area contributed by atoms with E-state index in [-0.39, 0.29) is 11.5 Å². The molecule has 1 N–H and O–H groups in total. The molecule has 0 radical (unpaired) electrons. The van der Waals surface area contributed by atoms with Crippen molar-refractivity contribution < 1.29 is 14.3 Å². The van der Waals surface area contributed by atoms with E-state index in [1.807, 2.05) is 13.8 Å². The second-order valence-electron chi connectivity index (χ2n) is 4.86. The van der Waals surface area contributed by atoms with E-state index in [2.05, 4.69) is 4.98 Å². The van der Waals surface area contributed by atoms with Crippen molar-refractivity contribution in [2.75, 3.05) is 0 Å². The van der Waals surface area contributed by atoms with Crippen molar-refractivity contribution in [2.45, 2.75) is 26.2 Å². The molecule has 5 heteroatoms. The number of aromatic nitrogens is 1. The van der Waals surface area contributed by atoms with Crippen LogP contribution in [0.25, 0.3) is 0 Å². The van der Waals surface area contributed by atoms with Crippen molar-refractivity contribution in [3.05, 3.63) is 51.2 Å². The zero-order chi connectivity index (χ0) is 14.2. The van der Waals surface area contributed by atoms with Crippen LogP contribution in [0.15, 0.2) is 24.3 Å². The summed E-state index contributed by atoms with van der Waals surface area (Å²) in [6.07, 6.45) is 0. The molecule has 0 aliphatic heterocycles. The van der Waals surface area contributed by atoms with Crippen LogP contribution in [-0.4, -0.2) is 16.1 Å². The number of nitrogens with zero attached hydrogens (tertiary/aromatic N) is 1. The van der Waals surface area contributed by atoms with Crippen LogP contribution < -0.4 is 0 Å². The first-order valence-electron chi connectivity index (χ1n) is 5.79. The van der Waals surface area contributed by atoms with E-state index in [1.165, 1.54) is 23.5 Å². The zero-order valence-electron chi connectivity index (χ0n) is 10.9. The van der Waals surface area contributed by atoms with Crippen molar-refractivity contribution in [3.8, 4) is 0 Å². The number of aryl methyl sites for hydroxylation is 1. The van der Waals surface area contributed by atoms with Crippen LogP contribution in [0.5, 0.6) is 0 Å². The number of carboxylic acid groups (broad SMARTS) is 1. The highest BCUT2D eigenvalue weighted by Crippen LogP contribution is 2.35. The highest BCUT2D eigenvalue weighted by atomic mass is 32.1. The Morgan fingerprint density at radius 1 is 1.32 bits per heavy atom. The van der Waals surface area contributed by atoms with Gasteiger partial charge in [0.2, 0.25) is 0 Å². The lowest BCUT2D eigenvalue weighted by atomic mass is 9.85. The van der Waals surface area contributed by atoms with Crippen molar-refractivity contribution in [1.29, 1.82) is 0 Å². The van der Waals surface area contributed by atoms with E-state index in [9.17, 15) is 9.18 Å². The average Bonchev–Trinajstić information content (AvgIpc) is 2.72. The second kappa shape index (κ2) is 4.74. The summed E-state index contributed by atoms with van der Waals surface area (Å²) in [4.78, 5) is 15.9. The van der Waals surface area contributed by atoms with E-state index >= 15 is 0 Å². The van der Waals surface area contributed by atoms with Gasteiger partial charge in [0.05, 0.1) is 0 Å². The first kappa shape index (κ1) is 13.7. The smallest absolute Gasteiger partial charge is 0.355 e. The van der Waals surface area contributed by atoms with Crippen LogP contribution in [0.1, 0.15) is 39.8 Å². The van der Waals surface area contributed by atoms with Gasteiger partial charge in [0.1, 0.15) is 10.8 Å². The fourth-order valence-electron chi connectivity index (χ4n) is 1.85. The van der Waals surface area contributed by atoms with Gasteiger partial charge in [-0.3, -0.25) is 0 Å². The van der Waals surface area contributed by atoms with Gasteiger partial charge in [0, 0.05) is 10.3 Å². The Balaban J connectivity index is 2.47. The molecule has 2 rings (SSSR count). The largest absolute Gasteiger partial charge is 0.476 e. The molecular weight excluding hydrogens is 265 g/mol. The molecule has 0 spiro atoms. The molecule has 0 aliphatic rings. The van der Waals surface area contributed by atoms with E-state index in [1.54, 1.807) is 19.1 Å². The molecule has 3 nitrogen and oxygen atoms in total.